The first-order chi connectivity index (χ1) is 13.0. The summed E-state index contributed by atoms with van der Waals surface area (Å²) in [5, 5.41) is 16.2. The number of esters is 1. The molecule has 2 aromatic rings. The molecule has 140 valence electrons. The third-order valence-electron chi connectivity index (χ3n) is 5.12. The third kappa shape index (κ3) is 3.53. The van der Waals surface area contributed by atoms with Crippen LogP contribution in [0.4, 0.5) is 0 Å². The van der Waals surface area contributed by atoms with Gasteiger partial charge in [0.25, 0.3) is 11.5 Å². The van der Waals surface area contributed by atoms with E-state index in [1.165, 1.54) is 4.90 Å². The molecule has 0 saturated heterocycles. The zero-order valence-corrected chi connectivity index (χ0v) is 15.0. The number of ether oxygens (including phenoxy) is 1. The van der Waals surface area contributed by atoms with Crippen LogP contribution in [0.3, 0.4) is 0 Å². The van der Waals surface area contributed by atoms with Gasteiger partial charge in [-0.1, -0.05) is 37.5 Å². The number of hydrogen-bond donors (Lipinski definition) is 1. The average Bonchev–Trinajstić information content (AvgIpc) is 2.72. The highest BCUT2D eigenvalue weighted by Gasteiger charge is 2.39. The molecule has 1 aromatic heterocycles. The molecule has 1 heterocycles. The second kappa shape index (κ2) is 7.58. The maximum atomic E-state index is 12.5. The minimum absolute atomic E-state index is 0.0617. The number of H-pyrrole nitrogens is 1. The molecule has 0 spiro atoms. The molecule has 0 aliphatic heterocycles. The number of aromatic amines is 1. The predicted octanol–water partition coefficient (Wildman–Crippen LogP) is 1.76. The highest BCUT2D eigenvalue weighted by molar-refractivity contribution is 6.02. The molecule has 0 bridgehead atoms. The van der Waals surface area contributed by atoms with Crippen LogP contribution in [0.15, 0.2) is 29.1 Å². The molecule has 1 N–H and O–H groups in total. The van der Waals surface area contributed by atoms with E-state index in [4.69, 9.17) is 4.74 Å². The van der Waals surface area contributed by atoms with Gasteiger partial charge in [-0.05, 0) is 18.9 Å². The maximum Gasteiger partial charge on any atom is 0.359 e. The number of nitriles is 1. The molecule has 0 atom stereocenters. The molecular weight excluding hydrogens is 348 g/mol. The monoisotopic (exact) mass is 368 g/mol. The van der Waals surface area contributed by atoms with Crippen LogP contribution in [-0.2, 0) is 9.53 Å². The zero-order valence-electron chi connectivity index (χ0n) is 15.0. The third-order valence-corrected chi connectivity index (χ3v) is 5.12. The number of hydrogen-bond acceptors (Lipinski definition) is 6. The van der Waals surface area contributed by atoms with Crippen LogP contribution < -0.4 is 5.56 Å². The quantitative estimate of drug-likeness (QED) is 0.822. The molecule has 1 aliphatic rings. The summed E-state index contributed by atoms with van der Waals surface area (Å²) in [4.78, 5) is 38.0. The van der Waals surface area contributed by atoms with Crippen molar-refractivity contribution in [1.82, 2.24) is 15.1 Å². The van der Waals surface area contributed by atoms with E-state index in [0.717, 1.165) is 19.3 Å². The van der Waals surface area contributed by atoms with Crippen LogP contribution in [0.1, 0.15) is 42.6 Å². The molecule has 1 fully saturated rings. The lowest BCUT2D eigenvalue weighted by Gasteiger charge is -2.38. The second-order valence-corrected chi connectivity index (χ2v) is 6.68. The van der Waals surface area contributed by atoms with E-state index in [1.807, 2.05) is 0 Å². The molecule has 8 nitrogen and oxygen atoms in total. The smallest absolute Gasteiger partial charge is 0.359 e. The van der Waals surface area contributed by atoms with Crippen LogP contribution in [0.5, 0.6) is 0 Å². The predicted molar refractivity (Wildman–Crippen MR) is 96.8 cm³/mol. The summed E-state index contributed by atoms with van der Waals surface area (Å²) in [6, 6.07) is 8.78. The van der Waals surface area contributed by atoms with E-state index in [2.05, 4.69) is 16.3 Å². The summed E-state index contributed by atoms with van der Waals surface area (Å²) < 4.78 is 5.12. The Balaban J connectivity index is 1.73. The summed E-state index contributed by atoms with van der Waals surface area (Å²) in [7, 11) is 1.57. The lowest BCUT2D eigenvalue weighted by atomic mass is 9.81. The fraction of sp³-hybridized carbons (Fsp3) is 0.421. The highest BCUT2D eigenvalue weighted by Crippen LogP contribution is 2.32. The number of carbonyl (C=O) groups is 2. The number of nitrogens with one attached hydrogen (secondary N) is 1. The van der Waals surface area contributed by atoms with Crippen LogP contribution in [0.25, 0.3) is 10.8 Å². The minimum Gasteiger partial charge on any atom is -0.451 e. The van der Waals surface area contributed by atoms with Crippen LogP contribution >= 0.6 is 0 Å². The van der Waals surface area contributed by atoms with E-state index >= 15 is 0 Å². The number of aromatic nitrogens is 2. The van der Waals surface area contributed by atoms with E-state index in [0.29, 0.717) is 23.6 Å². The largest absolute Gasteiger partial charge is 0.451 e. The molecular formula is C19H20N4O4. The van der Waals surface area contributed by atoms with Gasteiger partial charge in [0.05, 0.1) is 11.5 Å². The van der Waals surface area contributed by atoms with Gasteiger partial charge in [-0.3, -0.25) is 9.59 Å². The number of likely N-dealkylation sites (N-methyl/N-ethyl adjacent to an activating group) is 1. The maximum absolute atomic E-state index is 12.5. The summed E-state index contributed by atoms with van der Waals surface area (Å²) in [5.41, 5.74) is -1.32. The SMILES string of the molecule is CN(C(=O)COC(=O)c1n[nH]c(=O)c2ccccc12)C1(C#N)CCCCC1. The Kier molecular flexibility index (Phi) is 5.21. The van der Waals surface area contributed by atoms with Gasteiger partial charge in [-0.25, -0.2) is 9.89 Å². The van der Waals surface area contributed by atoms with Gasteiger partial charge >= 0.3 is 5.97 Å². The van der Waals surface area contributed by atoms with Gasteiger partial charge in [0.15, 0.2) is 12.3 Å². The number of nitrogens with zero attached hydrogens (tertiary/aromatic N) is 3. The molecule has 0 unspecified atom stereocenters. The molecule has 3 rings (SSSR count). The minimum atomic E-state index is -0.843. The van der Waals surface area contributed by atoms with E-state index in [1.54, 1.807) is 31.3 Å². The number of rotatable bonds is 4. The molecule has 0 radical (unpaired) electrons. The molecule has 8 heteroatoms. The topological polar surface area (TPSA) is 116 Å². The summed E-state index contributed by atoms with van der Waals surface area (Å²) in [5.74, 6) is -1.25. The number of fused-ring (bicyclic) bond motifs is 1. The Morgan fingerprint density at radius 2 is 1.93 bits per heavy atom. The van der Waals surface area contributed by atoms with Crippen molar-refractivity contribution >= 4 is 22.6 Å². The van der Waals surface area contributed by atoms with E-state index in [-0.39, 0.29) is 5.69 Å². The fourth-order valence-electron chi connectivity index (χ4n) is 3.46. The Labute approximate surface area is 155 Å². The lowest BCUT2D eigenvalue weighted by Crippen LogP contribution is -2.51. The molecule has 27 heavy (non-hydrogen) atoms. The van der Waals surface area contributed by atoms with Gasteiger partial charge in [0.2, 0.25) is 0 Å². The summed E-state index contributed by atoms with van der Waals surface area (Å²) in [6.45, 7) is -0.492. The van der Waals surface area contributed by atoms with Gasteiger partial charge in [0.1, 0.15) is 5.54 Å². The van der Waals surface area contributed by atoms with E-state index in [9.17, 15) is 19.6 Å². The van der Waals surface area contributed by atoms with Crippen LogP contribution in [0.2, 0.25) is 0 Å². The fourth-order valence-corrected chi connectivity index (χ4v) is 3.46. The normalized spacial score (nSPS) is 15.7. The van der Waals surface area contributed by atoms with Crippen molar-refractivity contribution in [1.29, 1.82) is 5.26 Å². The lowest BCUT2D eigenvalue weighted by molar-refractivity contribution is -0.138. The molecule has 1 aliphatic carbocycles. The molecule has 1 aromatic carbocycles. The number of amides is 1. The second-order valence-electron chi connectivity index (χ2n) is 6.68. The first-order valence-corrected chi connectivity index (χ1v) is 8.81. The first kappa shape index (κ1) is 18.6. The van der Waals surface area contributed by atoms with Crippen molar-refractivity contribution < 1.29 is 14.3 Å². The first-order valence-electron chi connectivity index (χ1n) is 8.81. The van der Waals surface area contributed by atoms with Crippen molar-refractivity contribution in [2.45, 2.75) is 37.6 Å². The molecule has 1 saturated carbocycles. The zero-order chi connectivity index (χ0) is 19.4. The Morgan fingerprint density at radius 1 is 1.26 bits per heavy atom. The summed E-state index contributed by atoms with van der Waals surface area (Å²) in [6.07, 6.45) is 4.06. The van der Waals surface area contributed by atoms with Crippen molar-refractivity contribution in [2.24, 2.45) is 0 Å². The van der Waals surface area contributed by atoms with E-state index < -0.39 is 29.6 Å². The number of carbonyl (C=O) groups excluding carboxylic acids is 2. The standard InChI is InChI=1S/C19H20N4O4/c1-23(19(12-20)9-5-2-6-10-19)15(24)11-27-18(26)16-13-7-3-4-8-14(13)17(25)22-21-16/h3-4,7-8H,2,5-6,9-11H2,1H3,(H,22,25). The Morgan fingerprint density at radius 3 is 2.59 bits per heavy atom. The van der Waals surface area contributed by atoms with Gasteiger partial charge in [0, 0.05) is 12.4 Å². The summed E-state index contributed by atoms with van der Waals surface area (Å²) >= 11 is 0. The van der Waals surface area contributed by atoms with Crippen molar-refractivity contribution in [2.75, 3.05) is 13.7 Å². The van der Waals surface area contributed by atoms with Crippen LogP contribution in [-0.4, -0.2) is 46.2 Å². The van der Waals surface area contributed by atoms with Crippen molar-refractivity contribution in [3.8, 4) is 6.07 Å². The Hall–Kier alpha value is -3.21. The molecule has 1 amide bonds. The Bertz CT molecular complexity index is 970. The average molecular weight is 368 g/mol. The van der Waals surface area contributed by atoms with Gasteiger partial charge in [-0.15, -0.1) is 0 Å². The van der Waals surface area contributed by atoms with Crippen LogP contribution in [0, 0.1) is 11.3 Å². The van der Waals surface area contributed by atoms with Gasteiger partial charge in [-0.2, -0.15) is 10.4 Å². The van der Waals surface area contributed by atoms with Crippen molar-refractivity contribution in [3.63, 3.8) is 0 Å². The van der Waals surface area contributed by atoms with Crippen molar-refractivity contribution in [3.05, 3.63) is 40.3 Å². The highest BCUT2D eigenvalue weighted by atomic mass is 16.5. The number of benzene rings is 1. The van der Waals surface area contributed by atoms with Gasteiger partial charge < -0.3 is 9.64 Å².